The summed E-state index contributed by atoms with van der Waals surface area (Å²) < 4.78 is 0. The molecular weight excluding hydrogens is 324 g/mol. The minimum Gasteiger partial charge on any atom is -0.289 e. The number of rotatable bonds is 5. The van der Waals surface area contributed by atoms with Crippen molar-refractivity contribution in [2.24, 2.45) is 4.99 Å². The monoisotopic (exact) mass is 336 g/mol. The molecule has 3 rings (SSSR count). The van der Waals surface area contributed by atoms with Crippen LogP contribution in [0.25, 0.3) is 0 Å². The van der Waals surface area contributed by atoms with Gasteiger partial charge in [0.1, 0.15) is 0 Å². The van der Waals surface area contributed by atoms with Crippen LogP contribution in [0.3, 0.4) is 0 Å². The van der Waals surface area contributed by atoms with E-state index in [-0.39, 0.29) is 10.8 Å². The van der Waals surface area contributed by atoms with Gasteiger partial charge in [-0.25, -0.2) is 0 Å². The topological polar surface area (TPSA) is 72.6 Å². The van der Waals surface area contributed by atoms with Crippen molar-refractivity contribution in [1.82, 2.24) is 0 Å². The van der Waals surface area contributed by atoms with Gasteiger partial charge in [-0.1, -0.05) is 41.7 Å². The number of hydrogen-bond acceptors (Lipinski definition) is 5. The summed E-state index contributed by atoms with van der Waals surface area (Å²) in [5.74, 6) is -0.0417. The van der Waals surface area contributed by atoms with E-state index < -0.39 is 4.92 Å². The van der Waals surface area contributed by atoms with Crippen LogP contribution in [0.15, 0.2) is 71.7 Å². The summed E-state index contributed by atoms with van der Waals surface area (Å²) in [7, 11) is 0. The fourth-order valence-corrected chi connectivity index (χ4v) is 2.80. The maximum atomic E-state index is 12.3. The third-order valence-electron chi connectivity index (χ3n) is 3.30. The quantitative estimate of drug-likeness (QED) is 0.295. The molecule has 0 amide bonds. The maximum absolute atomic E-state index is 12.3. The van der Waals surface area contributed by atoms with Gasteiger partial charge in [0, 0.05) is 23.4 Å². The summed E-state index contributed by atoms with van der Waals surface area (Å²) >= 11 is 1.06. The lowest BCUT2D eigenvalue weighted by Gasteiger charge is -2.01. The zero-order chi connectivity index (χ0) is 16.9. The van der Waals surface area contributed by atoms with E-state index in [2.05, 4.69) is 4.99 Å². The second kappa shape index (κ2) is 6.97. The van der Waals surface area contributed by atoms with Crippen LogP contribution in [0.4, 0.5) is 10.7 Å². The van der Waals surface area contributed by atoms with E-state index in [1.165, 1.54) is 6.07 Å². The molecule has 0 aliphatic rings. The fourth-order valence-electron chi connectivity index (χ4n) is 2.10. The summed E-state index contributed by atoms with van der Waals surface area (Å²) in [6.07, 6.45) is 1.58. The molecule has 0 atom stereocenters. The fraction of sp³-hybridized carbons (Fsp3) is 0. The first-order valence-electron chi connectivity index (χ1n) is 7.11. The Labute approximate surface area is 142 Å². The Balaban J connectivity index is 1.73. The molecule has 6 heteroatoms. The van der Waals surface area contributed by atoms with Crippen LogP contribution < -0.4 is 0 Å². The average Bonchev–Trinajstić information content (AvgIpc) is 3.10. The van der Waals surface area contributed by atoms with Crippen LogP contribution in [0.5, 0.6) is 0 Å². The van der Waals surface area contributed by atoms with Crippen molar-refractivity contribution in [3.8, 4) is 0 Å². The van der Waals surface area contributed by atoms with Crippen LogP contribution in [0, 0.1) is 10.1 Å². The van der Waals surface area contributed by atoms with Gasteiger partial charge in [0.25, 0.3) is 0 Å². The molecule has 0 N–H and O–H groups in total. The van der Waals surface area contributed by atoms with Gasteiger partial charge in [0.15, 0.2) is 5.78 Å². The lowest BCUT2D eigenvalue weighted by Crippen LogP contribution is -1.99. The maximum Gasteiger partial charge on any atom is 0.324 e. The normalized spacial score (nSPS) is 10.8. The highest BCUT2D eigenvalue weighted by Gasteiger charge is 2.09. The number of hydrogen-bond donors (Lipinski definition) is 0. The largest absolute Gasteiger partial charge is 0.324 e. The van der Waals surface area contributed by atoms with E-state index in [9.17, 15) is 14.9 Å². The van der Waals surface area contributed by atoms with Crippen LogP contribution >= 0.6 is 11.3 Å². The molecule has 0 spiro atoms. The summed E-state index contributed by atoms with van der Waals surface area (Å²) in [4.78, 5) is 27.5. The molecule has 2 aromatic carbocycles. The van der Waals surface area contributed by atoms with Gasteiger partial charge in [-0.3, -0.25) is 19.9 Å². The van der Waals surface area contributed by atoms with Crippen LogP contribution in [0.1, 0.15) is 20.8 Å². The Hall–Kier alpha value is -3.12. The zero-order valence-corrected chi connectivity index (χ0v) is 13.3. The van der Waals surface area contributed by atoms with Gasteiger partial charge in [-0.15, -0.1) is 0 Å². The van der Waals surface area contributed by atoms with Crippen LogP contribution in [-0.2, 0) is 0 Å². The number of aliphatic imine (C=N–C) groups is 1. The molecule has 5 nitrogen and oxygen atoms in total. The molecule has 0 aliphatic carbocycles. The summed E-state index contributed by atoms with van der Waals surface area (Å²) in [6, 6.07) is 19.1. The van der Waals surface area contributed by atoms with Gasteiger partial charge in [-0.05, 0) is 30.3 Å². The SMILES string of the molecule is O=C(c1ccccc1)c1ccc(N=Cc2ccc([N+](=O)[O-])s2)cc1. The predicted octanol–water partition coefficient (Wildman–Crippen LogP) is 4.64. The first kappa shape index (κ1) is 15.8. The molecule has 0 fully saturated rings. The smallest absolute Gasteiger partial charge is 0.289 e. The molecule has 0 unspecified atom stereocenters. The number of ketones is 1. The van der Waals surface area contributed by atoms with Crippen molar-refractivity contribution in [2.75, 3.05) is 0 Å². The minimum atomic E-state index is -0.425. The van der Waals surface area contributed by atoms with Crippen molar-refractivity contribution in [3.05, 3.63) is 92.8 Å². The molecule has 3 aromatic rings. The Kier molecular flexibility index (Phi) is 4.58. The predicted molar refractivity (Wildman–Crippen MR) is 94.5 cm³/mol. The molecule has 1 aromatic heterocycles. The summed E-state index contributed by atoms with van der Waals surface area (Å²) in [5, 5.41) is 10.7. The molecule has 1 heterocycles. The van der Waals surface area contributed by atoms with E-state index in [4.69, 9.17) is 0 Å². The number of benzene rings is 2. The molecular formula is C18H12N2O3S. The molecule has 0 radical (unpaired) electrons. The summed E-state index contributed by atoms with van der Waals surface area (Å²) in [6.45, 7) is 0. The van der Waals surface area contributed by atoms with E-state index in [1.807, 2.05) is 18.2 Å². The van der Waals surface area contributed by atoms with Gasteiger partial charge >= 0.3 is 5.00 Å². The highest BCUT2D eigenvalue weighted by molar-refractivity contribution is 7.16. The lowest BCUT2D eigenvalue weighted by molar-refractivity contribution is -0.380. The Morgan fingerprint density at radius 3 is 2.25 bits per heavy atom. The molecule has 0 saturated carbocycles. The Morgan fingerprint density at radius 2 is 1.62 bits per heavy atom. The zero-order valence-electron chi connectivity index (χ0n) is 12.5. The van der Waals surface area contributed by atoms with E-state index in [0.717, 1.165) is 11.3 Å². The number of carbonyl (C=O) groups is 1. The standard InChI is InChI=1S/C18H12N2O3S/c21-18(13-4-2-1-3-5-13)14-6-8-15(9-7-14)19-12-16-10-11-17(24-16)20(22)23/h1-12H. The second-order valence-electron chi connectivity index (χ2n) is 4.93. The third-order valence-corrected chi connectivity index (χ3v) is 4.27. The highest BCUT2D eigenvalue weighted by atomic mass is 32.1. The number of nitrogens with zero attached hydrogens (tertiary/aromatic N) is 2. The highest BCUT2D eigenvalue weighted by Crippen LogP contribution is 2.23. The Bertz CT molecular complexity index is 900. The molecule has 0 aliphatic heterocycles. The van der Waals surface area contributed by atoms with Crippen molar-refractivity contribution >= 4 is 34.0 Å². The van der Waals surface area contributed by atoms with Gasteiger partial charge < -0.3 is 0 Å². The number of carbonyl (C=O) groups excluding carboxylic acids is 1. The van der Waals surface area contributed by atoms with Crippen molar-refractivity contribution in [1.29, 1.82) is 0 Å². The average molecular weight is 336 g/mol. The lowest BCUT2D eigenvalue weighted by atomic mass is 10.0. The second-order valence-corrected chi connectivity index (χ2v) is 6.03. The molecule has 118 valence electrons. The van der Waals surface area contributed by atoms with Gasteiger partial charge in [0.05, 0.1) is 15.5 Å². The number of nitro groups is 1. The van der Waals surface area contributed by atoms with E-state index >= 15 is 0 Å². The Morgan fingerprint density at radius 1 is 0.958 bits per heavy atom. The van der Waals surface area contributed by atoms with E-state index in [1.54, 1.807) is 48.7 Å². The first-order valence-corrected chi connectivity index (χ1v) is 7.93. The van der Waals surface area contributed by atoms with E-state index in [0.29, 0.717) is 21.7 Å². The first-order chi connectivity index (χ1) is 11.6. The molecule has 0 saturated heterocycles. The van der Waals surface area contributed by atoms with Crippen molar-refractivity contribution in [3.63, 3.8) is 0 Å². The third kappa shape index (κ3) is 3.61. The number of thiophene rings is 1. The molecule has 0 bridgehead atoms. The van der Waals surface area contributed by atoms with Crippen LogP contribution in [0.2, 0.25) is 0 Å². The van der Waals surface area contributed by atoms with Gasteiger partial charge in [0.2, 0.25) is 0 Å². The van der Waals surface area contributed by atoms with Crippen LogP contribution in [-0.4, -0.2) is 16.9 Å². The minimum absolute atomic E-state index is 0.0417. The van der Waals surface area contributed by atoms with Crippen molar-refractivity contribution < 1.29 is 9.72 Å². The summed E-state index contributed by atoms with van der Waals surface area (Å²) in [5.41, 5.74) is 1.90. The van der Waals surface area contributed by atoms with Crippen molar-refractivity contribution in [2.45, 2.75) is 0 Å². The van der Waals surface area contributed by atoms with Gasteiger partial charge in [-0.2, -0.15) is 0 Å². The molecule has 24 heavy (non-hydrogen) atoms.